The lowest BCUT2D eigenvalue weighted by atomic mass is 10.2. The lowest BCUT2D eigenvalue weighted by molar-refractivity contribution is -0.133. The molecule has 6 nitrogen and oxygen atoms in total. The summed E-state index contributed by atoms with van der Waals surface area (Å²) in [6.07, 6.45) is 3.08. The number of benzene rings is 2. The monoisotopic (exact) mass is 439 g/mol. The molecule has 0 saturated heterocycles. The van der Waals surface area contributed by atoms with Crippen molar-refractivity contribution in [1.29, 1.82) is 0 Å². The second-order valence-electron chi connectivity index (χ2n) is 7.73. The third kappa shape index (κ3) is 5.51. The number of nitrogens with zero attached hydrogens (tertiary/aromatic N) is 2. The van der Waals surface area contributed by atoms with Gasteiger partial charge in [0, 0.05) is 18.7 Å². The fourth-order valence-electron chi connectivity index (χ4n) is 3.40. The number of carbonyl (C=O) groups is 2. The molecule has 0 atom stereocenters. The van der Waals surface area contributed by atoms with Crippen molar-refractivity contribution < 1.29 is 22.8 Å². The summed E-state index contributed by atoms with van der Waals surface area (Å²) in [5, 5.41) is 2.45. The van der Waals surface area contributed by atoms with Gasteiger partial charge in [0.2, 0.25) is 5.91 Å². The molecule has 1 N–H and O–H groups in total. The first-order chi connectivity index (χ1) is 15.5. The van der Waals surface area contributed by atoms with Crippen molar-refractivity contribution in [3.05, 3.63) is 89.9 Å². The molecule has 1 fully saturated rings. The van der Waals surface area contributed by atoms with E-state index in [0.717, 1.165) is 30.5 Å². The largest absolute Gasteiger partial charge is 0.467 e. The average Bonchev–Trinajstić information content (AvgIpc) is 3.49. The molecule has 0 aliphatic heterocycles. The highest BCUT2D eigenvalue weighted by Crippen LogP contribution is 2.28. The standard InChI is InChI=1S/C24H23F2N3O3/c25-18-8-11-22(21(26)13-18)27-24(31)29(19-9-10-19)16-23(30)28(15-20-7-4-12-32-20)14-17-5-2-1-3-6-17/h1-8,11-13,19H,9-10,14-16H2,(H,27,31). The molecule has 166 valence electrons. The SMILES string of the molecule is O=C(CN(C(=O)Nc1ccc(F)cc1F)C1CC1)N(Cc1ccccc1)Cc1ccco1. The van der Waals surface area contributed by atoms with Crippen LogP contribution in [0.4, 0.5) is 19.3 Å². The van der Waals surface area contributed by atoms with Gasteiger partial charge in [0.25, 0.3) is 0 Å². The minimum absolute atomic E-state index is 0.0929. The highest BCUT2D eigenvalue weighted by Gasteiger charge is 2.35. The van der Waals surface area contributed by atoms with Gasteiger partial charge in [0.1, 0.15) is 23.9 Å². The molecule has 8 heteroatoms. The van der Waals surface area contributed by atoms with E-state index in [1.165, 1.54) is 4.90 Å². The molecule has 1 saturated carbocycles. The Kier molecular flexibility index (Phi) is 6.49. The normalized spacial score (nSPS) is 12.9. The maximum atomic E-state index is 14.0. The number of carbonyl (C=O) groups excluding carboxylic acids is 2. The minimum Gasteiger partial charge on any atom is -0.467 e. The number of hydrogen-bond donors (Lipinski definition) is 1. The molecule has 32 heavy (non-hydrogen) atoms. The van der Waals surface area contributed by atoms with Crippen LogP contribution in [0.15, 0.2) is 71.3 Å². The summed E-state index contributed by atoms with van der Waals surface area (Å²) in [4.78, 5) is 29.1. The Labute approximate surface area is 184 Å². The number of furan rings is 1. The summed E-state index contributed by atoms with van der Waals surface area (Å²) in [6.45, 7) is 0.452. The Hall–Kier alpha value is -3.68. The first-order valence-corrected chi connectivity index (χ1v) is 10.4. The van der Waals surface area contributed by atoms with Crippen LogP contribution >= 0.6 is 0 Å². The van der Waals surface area contributed by atoms with E-state index in [4.69, 9.17) is 4.42 Å². The van der Waals surface area contributed by atoms with Crippen molar-refractivity contribution in [2.75, 3.05) is 11.9 Å². The summed E-state index contributed by atoms with van der Waals surface area (Å²) >= 11 is 0. The van der Waals surface area contributed by atoms with Crippen LogP contribution in [0.5, 0.6) is 0 Å². The van der Waals surface area contributed by atoms with Crippen molar-refractivity contribution in [2.24, 2.45) is 0 Å². The fourth-order valence-corrected chi connectivity index (χ4v) is 3.40. The van der Waals surface area contributed by atoms with E-state index in [1.54, 1.807) is 23.3 Å². The summed E-state index contributed by atoms with van der Waals surface area (Å²) in [5.74, 6) is -1.23. The van der Waals surface area contributed by atoms with Crippen LogP contribution in [0.2, 0.25) is 0 Å². The zero-order chi connectivity index (χ0) is 22.5. The third-order valence-corrected chi connectivity index (χ3v) is 5.22. The van der Waals surface area contributed by atoms with Crippen LogP contribution in [-0.2, 0) is 17.9 Å². The first-order valence-electron chi connectivity index (χ1n) is 10.4. The molecule has 4 rings (SSSR count). The Morgan fingerprint density at radius 2 is 1.78 bits per heavy atom. The van der Waals surface area contributed by atoms with Gasteiger partial charge in [-0.1, -0.05) is 30.3 Å². The number of anilines is 1. The molecule has 3 amide bonds. The van der Waals surface area contributed by atoms with Gasteiger partial charge in [-0.25, -0.2) is 13.6 Å². The number of hydrogen-bond acceptors (Lipinski definition) is 3. The number of rotatable bonds is 8. The summed E-state index contributed by atoms with van der Waals surface area (Å²) in [7, 11) is 0. The molecule has 2 aromatic carbocycles. The number of nitrogens with one attached hydrogen (secondary N) is 1. The zero-order valence-corrected chi connectivity index (χ0v) is 17.3. The Bertz CT molecular complexity index is 1070. The predicted octanol–water partition coefficient (Wildman–Crippen LogP) is 4.78. The molecule has 3 aromatic rings. The fraction of sp³-hybridized carbons (Fsp3) is 0.250. The highest BCUT2D eigenvalue weighted by atomic mass is 19.1. The van der Waals surface area contributed by atoms with Crippen molar-refractivity contribution in [2.45, 2.75) is 32.0 Å². The number of halogens is 2. The molecule has 0 unspecified atom stereocenters. The third-order valence-electron chi connectivity index (χ3n) is 5.22. The van der Waals surface area contributed by atoms with Crippen molar-refractivity contribution in [1.82, 2.24) is 9.80 Å². The molecule has 1 aromatic heterocycles. The van der Waals surface area contributed by atoms with E-state index in [0.29, 0.717) is 18.4 Å². The van der Waals surface area contributed by atoms with Crippen molar-refractivity contribution in [3.63, 3.8) is 0 Å². The van der Waals surface area contributed by atoms with E-state index >= 15 is 0 Å². The van der Waals surface area contributed by atoms with Gasteiger partial charge in [-0.05, 0) is 42.7 Å². The Morgan fingerprint density at radius 1 is 1.00 bits per heavy atom. The molecule has 1 aliphatic carbocycles. The predicted molar refractivity (Wildman–Crippen MR) is 115 cm³/mol. The Morgan fingerprint density at radius 3 is 2.44 bits per heavy atom. The van der Waals surface area contributed by atoms with Crippen LogP contribution < -0.4 is 5.32 Å². The summed E-state index contributed by atoms with van der Waals surface area (Å²) in [6, 6.07) is 15.3. The van der Waals surface area contributed by atoms with Crippen molar-refractivity contribution >= 4 is 17.6 Å². The second-order valence-corrected chi connectivity index (χ2v) is 7.73. The van der Waals surface area contributed by atoms with Gasteiger partial charge in [-0.15, -0.1) is 0 Å². The molecule has 1 aliphatic rings. The minimum atomic E-state index is -0.871. The highest BCUT2D eigenvalue weighted by molar-refractivity contribution is 5.93. The molecule has 1 heterocycles. The van der Waals surface area contributed by atoms with E-state index < -0.39 is 17.7 Å². The maximum absolute atomic E-state index is 14.0. The lowest BCUT2D eigenvalue weighted by Crippen LogP contribution is -2.45. The van der Waals surface area contributed by atoms with Crippen molar-refractivity contribution in [3.8, 4) is 0 Å². The van der Waals surface area contributed by atoms with Crippen LogP contribution in [0.25, 0.3) is 0 Å². The van der Waals surface area contributed by atoms with E-state index in [9.17, 15) is 18.4 Å². The smallest absolute Gasteiger partial charge is 0.322 e. The molecule has 0 bridgehead atoms. The van der Waals surface area contributed by atoms with Crippen LogP contribution in [-0.4, -0.2) is 34.3 Å². The average molecular weight is 439 g/mol. The summed E-state index contributed by atoms with van der Waals surface area (Å²) < 4.78 is 32.5. The molecule has 0 spiro atoms. The summed E-state index contributed by atoms with van der Waals surface area (Å²) in [5.41, 5.74) is 0.814. The van der Waals surface area contributed by atoms with Gasteiger partial charge in [0.15, 0.2) is 0 Å². The van der Waals surface area contributed by atoms with E-state index in [1.807, 2.05) is 30.3 Å². The van der Waals surface area contributed by atoms with E-state index in [2.05, 4.69) is 5.32 Å². The van der Waals surface area contributed by atoms with Crippen LogP contribution in [0.3, 0.4) is 0 Å². The number of urea groups is 1. The van der Waals surface area contributed by atoms with Gasteiger partial charge >= 0.3 is 6.03 Å². The quantitative estimate of drug-likeness (QED) is 0.549. The molecule has 0 radical (unpaired) electrons. The maximum Gasteiger partial charge on any atom is 0.322 e. The van der Waals surface area contributed by atoms with E-state index in [-0.39, 0.29) is 30.7 Å². The van der Waals surface area contributed by atoms with Gasteiger partial charge in [-0.2, -0.15) is 0 Å². The second kappa shape index (κ2) is 9.64. The topological polar surface area (TPSA) is 65.8 Å². The van der Waals surface area contributed by atoms with Crippen LogP contribution in [0.1, 0.15) is 24.2 Å². The van der Waals surface area contributed by atoms with Gasteiger partial charge in [0.05, 0.1) is 18.5 Å². The Balaban J connectivity index is 1.48. The van der Waals surface area contributed by atoms with Crippen LogP contribution in [0, 0.1) is 11.6 Å². The zero-order valence-electron chi connectivity index (χ0n) is 17.3. The molecular formula is C24H23F2N3O3. The van der Waals surface area contributed by atoms with Gasteiger partial charge in [-0.3, -0.25) is 4.79 Å². The lowest BCUT2D eigenvalue weighted by Gasteiger charge is -2.27. The van der Waals surface area contributed by atoms with Gasteiger partial charge < -0.3 is 19.5 Å². The number of amides is 3. The first kappa shape index (κ1) is 21.5. The molecular weight excluding hydrogens is 416 g/mol.